The lowest BCUT2D eigenvalue weighted by molar-refractivity contribution is -0.137. The van der Waals surface area contributed by atoms with E-state index in [2.05, 4.69) is 25.5 Å². The highest BCUT2D eigenvalue weighted by Gasteiger charge is 2.34. The van der Waals surface area contributed by atoms with E-state index in [0.29, 0.717) is 10.9 Å². The molecule has 0 atom stereocenters. The number of hydrogen-bond donors (Lipinski definition) is 2. The standard InChI is InChI=1S/C19H12F3N5O/c20-19(21,22)14-5-7-24-10-16(14)25-18(28)17-13-8-11(3-4-15(13)26-27-17)12-2-1-6-23-9-12/h1-10H,(H,25,28)(H,26,27). The summed E-state index contributed by atoms with van der Waals surface area (Å²) in [6, 6.07) is 9.76. The minimum Gasteiger partial charge on any atom is -0.319 e. The minimum atomic E-state index is -4.62. The number of amides is 1. The monoisotopic (exact) mass is 383 g/mol. The van der Waals surface area contributed by atoms with Gasteiger partial charge in [0.1, 0.15) is 0 Å². The molecule has 3 aromatic heterocycles. The smallest absolute Gasteiger partial charge is 0.319 e. The molecule has 6 nitrogen and oxygen atoms in total. The van der Waals surface area contributed by atoms with Gasteiger partial charge in [-0.2, -0.15) is 18.3 Å². The summed E-state index contributed by atoms with van der Waals surface area (Å²) in [4.78, 5) is 20.3. The summed E-state index contributed by atoms with van der Waals surface area (Å²) >= 11 is 0. The Labute approximate surface area is 156 Å². The zero-order chi connectivity index (χ0) is 19.7. The fourth-order valence-corrected chi connectivity index (χ4v) is 2.82. The molecule has 0 bridgehead atoms. The molecule has 0 aliphatic heterocycles. The Kier molecular flexibility index (Phi) is 4.26. The van der Waals surface area contributed by atoms with E-state index in [1.165, 1.54) is 0 Å². The van der Waals surface area contributed by atoms with Crippen LogP contribution < -0.4 is 5.32 Å². The molecular formula is C19H12F3N5O. The third-order valence-corrected chi connectivity index (χ3v) is 4.15. The lowest BCUT2D eigenvalue weighted by Crippen LogP contribution is -2.17. The first-order chi connectivity index (χ1) is 13.4. The van der Waals surface area contributed by atoms with Gasteiger partial charge in [-0.25, -0.2) is 0 Å². The summed E-state index contributed by atoms with van der Waals surface area (Å²) < 4.78 is 39.4. The van der Waals surface area contributed by atoms with E-state index < -0.39 is 23.3 Å². The Bertz CT molecular complexity index is 1160. The molecule has 140 valence electrons. The molecule has 0 aliphatic carbocycles. The van der Waals surface area contributed by atoms with Crippen molar-refractivity contribution in [2.45, 2.75) is 6.18 Å². The van der Waals surface area contributed by atoms with Gasteiger partial charge in [0.15, 0.2) is 5.69 Å². The summed E-state index contributed by atoms with van der Waals surface area (Å²) in [7, 11) is 0. The summed E-state index contributed by atoms with van der Waals surface area (Å²) in [6.45, 7) is 0. The Morgan fingerprint density at radius 2 is 1.82 bits per heavy atom. The summed E-state index contributed by atoms with van der Waals surface area (Å²) in [5.74, 6) is -0.770. The third-order valence-electron chi connectivity index (χ3n) is 4.15. The quantitative estimate of drug-likeness (QED) is 0.553. The van der Waals surface area contributed by atoms with Crippen LogP contribution in [0, 0.1) is 0 Å². The number of aromatic nitrogens is 4. The maximum absolute atomic E-state index is 13.1. The fourth-order valence-electron chi connectivity index (χ4n) is 2.82. The SMILES string of the molecule is O=C(Nc1cnccc1C(F)(F)F)c1n[nH]c2ccc(-c3cccnc3)cc12. The van der Waals surface area contributed by atoms with Crippen LogP contribution in [0.5, 0.6) is 0 Å². The van der Waals surface area contributed by atoms with E-state index in [1.807, 2.05) is 12.1 Å². The first-order valence-electron chi connectivity index (χ1n) is 8.14. The number of aromatic amines is 1. The van der Waals surface area contributed by atoms with E-state index in [1.54, 1.807) is 30.6 Å². The molecule has 28 heavy (non-hydrogen) atoms. The lowest BCUT2D eigenvalue weighted by atomic mass is 10.0. The molecule has 0 saturated heterocycles. The summed E-state index contributed by atoms with van der Waals surface area (Å²) in [6.07, 6.45) is 0.670. The topological polar surface area (TPSA) is 83.6 Å². The molecule has 1 aromatic carbocycles. The number of halogens is 3. The second-order valence-corrected chi connectivity index (χ2v) is 5.95. The number of anilines is 1. The molecule has 0 aliphatic rings. The summed E-state index contributed by atoms with van der Waals surface area (Å²) in [5, 5.41) is 9.42. The number of carbonyl (C=O) groups is 1. The highest BCUT2D eigenvalue weighted by atomic mass is 19.4. The molecule has 9 heteroatoms. The van der Waals surface area contributed by atoms with Gasteiger partial charge in [0, 0.05) is 29.5 Å². The Morgan fingerprint density at radius 1 is 1.00 bits per heavy atom. The predicted molar refractivity (Wildman–Crippen MR) is 96.5 cm³/mol. The van der Waals surface area contributed by atoms with Gasteiger partial charge in [0.2, 0.25) is 0 Å². The second kappa shape index (κ2) is 6.76. The lowest BCUT2D eigenvalue weighted by Gasteiger charge is -2.12. The maximum atomic E-state index is 13.1. The average molecular weight is 383 g/mol. The molecule has 0 spiro atoms. The van der Waals surface area contributed by atoms with Crippen molar-refractivity contribution >= 4 is 22.5 Å². The molecule has 0 saturated carbocycles. The Balaban J connectivity index is 1.71. The number of nitrogens with zero attached hydrogens (tertiary/aromatic N) is 3. The number of hydrogen-bond acceptors (Lipinski definition) is 4. The van der Waals surface area contributed by atoms with Crippen LogP contribution in [0.2, 0.25) is 0 Å². The first-order valence-corrected chi connectivity index (χ1v) is 8.14. The van der Waals surface area contributed by atoms with Gasteiger partial charge in [-0.15, -0.1) is 0 Å². The largest absolute Gasteiger partial charge is 0.418 e. The number of fused-ring (bicyclic) bond motifs is 1. The van der Waals surface area contributed by atoms with Crippen molar-refractivity contribution in [3.05, 3.63) is 72.4 Å². The van der Waals surface area contributed by atoms with Crippen molar-refractivity contribution in [1.29, 1.82) is 0 Å². The van der Waals surface area contributed by atoms with Crippen LogP contribution in [0.15, 0.2) is 61.2 Å². The van der Waals surface area contributed by atoms with Crippen molar-refractivity contribution in [3.63, 3.8) is 0 Å². The molecular weight excluding hydrogens is 371 g/mol. The van der Waals surface area contributed by atoms with Crippen LogP contribution in [0.4, 0.5) is 18.9 Å². The van der Waals surface area contributed by atoms with E-state index >= 15 is 0 Å². The molecule has 4 aromatic rings. The van der Waals surface area contributed by atoms with Gasteiger partial charge in [0.05, 0.1) is 23.0 Å². The molecule has 0 fully saturated rings. The van der Waals surface area contributed by atoms with Gasteiger partial charge in [0.25, 0.3) is 5.91 Å². The molecule has 4 rings (SSSR count). The van der Waals surface area contributed by atoms with Crippen molar-refractivity contribution in [3.8, 4) is 11.1 Å². The normalized spacial score (nSPS) is 11.5. The van der Waals surface area contributed by atoms with Crippen molar-refractivity contribution in [2.75, 3.05) is 5.32 Å². The number of benzene rings is 1. The molecule has 1 amide bonds. The number of H-pyrrole nitrogens is 1. The van der Waals surface area contributed by atoms with Gasteiger partial charge < -0.3 is 5.32 Å². The van der Waals surface area contributed by atoms with Crippen LogP contribution in [-0.2, 0) is 6.18 Å². The number of carbonyl (C=O) groups excluding carboxylic acids is 1. The van der Waals surface area contributed by atoms with Crippen molar-refractivity contribution in [1.82, 2.24) is 20.2 Å². The predicted octanol–water partition coefficient (Wildman–Crippen LogP) is 4.29. The molecule has 3 heterocycles. The van der Waals surface area contributed by atoms with E-state index in [-0.39, 0.29) is 5.69 Å². The highest BCUT2D eigenvalue weighted by Crippen LogP contribution is 2.34. The molecule has 0 radical (unpaired) electrons. The maximum Gasteiger partial charge on any atom is 0.418 e. The minimum absolute atomic E-state index is 0.0160. The average Bonchev–Trinajstić information content (AvgIpc) is 3.11. The van der Waals surface area contributed by atoms with Crippen LogP contribution >= 0.6 is 0 Å². The van der Waals surface area contributed by atoms with E-state index in [9.17, 15) is 18.0 Å². The van der Waals surface area contributed by atoms with Crippen LogP contribution in [0.25, 0.3) is 22.0 Å². The third kappa shape index (κ3) is 3.29. The first kappa shape index (κ1) is 17.7. The van der Waals surface area contributed by atoms with Gasteiger partial charge in [-0.3, -0.25) is 19.9 Å². The van der Waals surface area contributed by atoms with Crippen molar-refractivity contribution in [2.24, 2.45) is 0 Å². The van der Waals surface area contributed by atoms with Gasteiger partial charge in [-0.1, -0.05) is 12.1 Å². The number of nitrogens with one attached hydrogen (secondary N) is 2. The molecule has 0 unspecified atom stereocenters. The van der Waals surface area contributed by atoms with E-state index in [4.69, 9.17) is 0 Å². The fraction of sp³-hybridized carbons (Fsp3) is 0.0526. The number of pyridine rings is 2. The summed E-state index contributed by atoms with van der Waals surface area (Å²) in [5.41, 5.74) is 0.793. The van der Waals surface area contributed by atoms with Crippen molar-refractivity contribution < 1.29 is 18.0 Å². The highest BCUT2D eigenvalue weighted by molar-refractivity contribution is 6.11. The van der Waals surface area contributed by atoms with Gasteiger partial charge >= 0.3 is 6.18 Å². The Morgan fingerprint density at radius 3 is 2.57 bits per heavy atom. The number of alkyl halides is 3. The van der Waals surface area contributed by atoms with Crippen LogP contribution in [0.3, 0.4) is 0 Å². The van der Waals surface area contributed by atoms with E-state index in [0.717, 1.165) is 29.6 Å². The number of rotatable bonds is 3. The molecule has 2 N–H and O–H groups in total. The zero-order valence-electron chi connectivity index (χ0n) is 14.2. The van der Waals surface area contributed by atoms with Crippen LogP contribution in [0.1, 0.15) is 16.1 Å². The Hall–Kier alpha value is -3.75. The zero-order valence-corrected chi connectivity index (χ0v) is 14.2. The van der Waals surface area contributed by atoms with Crippen LogP contribution in [-0.4, -0.2) is 26.1 Å². The van der Waals surface area contributed by atoms with Gasteiger partial charge in [-0.05, 0) is 29.8 Å². The second-order valence-electron chi connectivity index (χ2n) is 5.95.